The third-order valence-corrected chi connectivity index (χ3v) is 4.51. The second-order valence-electron chi connectivity index (χ2n) is 7.40. The van der Waals surface area contributed by atoms with E-state index in [2.05, 4.69) is 39.5 Å². The van der Waals surface area contributed by atoms with Gasteiger partial charge in [-0.1, -0.05) is 20.8 Å². The number of hydrogen-bond donors (Lipinski definition) is 1. The van der Waals surface area contributed by atoms with E-state index in [1.807, 2.05) is 0 Å². The molecule has 1 aliphatic heterocycles. The van der Waals surface area contributed by atoms with E-state index in [0.29, 0.717) is 11.5 Å². The molecule has 0 amide bonds. The highest BCUT2D eigenvalue weighted by molar-refractivity contribution is 4.89. The second-order valence-corrected chi connectivity index (χ2v) is 7.40. The van der Waals surface area contributed by atoms with Crippen LogP contribution in [0.4, 0.5) is 0 Å². The van der Waals surface area contributed by atoms with Gasteiger partial charge in [0.25, 0.3) is 0 Å². The first-order chi connectivity index (χ1) is 8.19. The molecule has 2 N–H and O–H groups in total. The van der Waals surface area contributed by atoms with E-state index < -0.39 is 0 Å². The maximum absolute atomic E-state index is 5.97. The number of rotatable bonds is 5. The van der Waals surface area contributed by atoms with Gasteiger partial charge in [-0.2, -0.15) is 0 Å². The van der Waals surface area contributed by atoms with Gasteiger partial charge in [0, 0.05) is 26.2 Å². The van der Waals surface area contributed by atoms with Gasteiger partial charge in [-0.05, 0) is 44.6 Å². The summed E-state index contributed by atoms with van der Waals surface area (Å²) in [5.41, 5.74) is 6.30. The minimum absolute atomic E-state index is 0.0795. The van der Waals surface area contributed by atoms with Crippen molar-refractivity contribution in [2.24, 2.45) is 17.1 Å². The highest BCUT2D eigenvalue weighted by Crippen LogP contribution is 2.35. The van der Waals surface area contributed by atoms with Crippen LogP contribution >= 0.6 is 0 Å². The smallest absolute Gasteiger partial charge is 0.0638 e. The molecule has 2 atom stereocenters. The molecule has 1 saturated heterocycles. The third kappa shape index (κ3) is 4.22. The van der Waals surface area contributed by atoms with E-state index in [-0.39, 0.29) is 5.60 Å². The zero-order valence-corrected chi connectivity index (χ0v) is 13.1. The van der Waals surface area contributed by atoms with Crippen molar-refractivity contribution in [2.45, 2.75) is 59.1 Å². The average Bonchev–Trinajstić information content (AvgIpc) is 2.74. The Morgan fingerprint density at radius 3 is 2.28 bits per heavy atom. The molecule has 1 fully saturated rings. The predicted octanol–water partition coefficient (Wildman–Crippen LogP) is 2.50. The Labute approximate surface area is 113 Å². The minimum atomic E-state index is -0.0795. The van der Waals surface area contributed by atoms with Crippen LogP contribution in [0.1, 0.15) is 47.5 Å². The van der Waals surface area contributed by atoms with Crippen molar-refractivity contribution in [1.29, 1.82) is 0 Å². The molecule has 0 radical (unpaired) electrons. The Balaban J connectivity index is 2.58. The highest BCUT2D eigenvalue weighted by atomic mass is 16.5. The molecular weight excluding hydrogens is 224 g/mol. The second kappa shape index (κ2) is 5.89. The van der Waals surface area contributed by atoms with Crippen molar-refractivity contribution in [3.05, 3.63) is 0 Å². The Morgan fingerprint density at radius 2 is 1.89 bits per heavy atom. The number of likely N-dealkylation sites (tertiary alicyclic amines) is 1. The van der Waals surface area contributed by atoms with Gasteiger partial charge in [0.2, 0.25) is 0 Å². The first kappa shape index (κ1) is 15.9. The van der Waals surface area contributed by atoms with Crippen molar-refractivity contribution in [3.8, 4) is 0 Å². The highest BCUT2D eigenvalue weighted by Gasteiger charge is 2.36. The largest absolute Gasteiger partial charge is 0.379 e. The maximum Gasteiger partial charge on any atom is 0.0638 e. The number of hydrogen-bond acceptors (Lipinski definition) is 3. The fourth-order valence-corrected chi connectivity index (χ4v) is 2.84. The van der Waals surface area contributed by atoms with E-state index in [9.17, 15) is 0 Å². The van der Waals surface area contributed by atoms with Crippen molar-refractivity contribution in [1.82, 2.24) is 4.90 Å². The summed E-state index contributed by atoms with van der Waals surface area (Å²) in [6, 6.07) is 0.451. The van der Waals surface area contributed by atoms with E-state index in [4.69, 9.17) is 10.5 Å². The fourth-order valence-electron chi connectivity index (χ4n) is 2.84. The van der Waals surface area contributed by atoms with E-state index in [1.165, 1.54) is 19.5 Å². The molecule has 0 spiro atoms. The SMILES string of the molecule is COC(C)(C)CC(CN)N1CCC(C(C)(C)C)C1. The minimum Gasteiger partial charge on any atom is -0.379 e. The molecule has 0 aromatic carbocycles. The van der Waals surface area contributed by atoms with Crippen molar-refractivity contribution >= 4 is 0 Å². The lowest BCUT2D eigenvalue weighted by Gasteiger charge is -2.34. The first-order valence-corrected chi connectivity index (χ1v) is 7.19. The van der Waals surface area contributed by atoms with Crippen LogP contribution in [-0.4, -0.2) is 43.3 Å². The average molecular weight is 256 g/mol. The van der Waals surface area contributed by atoms with Gasteiger partial charge in [0.05, 0.1) is 5.60 Å². The quantitative estimate of drug-likeness (QED) is 0.821. The summed E-state index contributed by atoms with van der Waals surface area (Å²) in [5, 5.41) is 0. The molecule has 3 heteroatoms. The molecule has 0 saturated carbocycles. The van der Waals surface area contributed by atoms with Crippen LogP contribution in [0.25, 0.3) is 0 Å². The van der Waals surface area contributed by atoms with E-state index in [1.54, 1.807) is 7.11 Å². The lowest BCUT2D eigenvalue weighted by atomic mass is 9.80. The van der Waals surface area contributed by atoms with E-state index in [0.717, 1.165) is 18.9 Å². The molecule has 108 valence electrons. The summed E-state index contributed by atoms with van der Waals surface area (Å²) < 4.78 is 5.54. The van der Waals surface area contributed by atoms with Gasteiger partial charge in [0.1, 0.15) is 0 Å². The predicted molar refractivity (Wildman–Crippen MR) is 77.7 cm³/mol. The van der Waals surface area contributed by atoms with Crippen LogP contribution in [0, 0.1) is 11.3 Å². The molecule has 1 rings (SSSR count). The number of nitrogens with two attached hydrogens (primary N) is 1. The maximum atomic E-state index is 5.97. The summed E-state index contributed by atoms with van der Waals surface area (Å²) in [4.78, 5) is 2.57. The first-order valence-electron chi connectivity index (χ1n) is 7.19. The summed E-state index contributed by atoms with van der Waals surface area (Å²) in [5.74, 6) is 0.789. The summed E-state index contributed by atoms with van der Waals surface area (Å²) in [6.07, 6.45) is 2.31. The topological polar surface area (TPSA) is 38.5 Å². The molecule has 18 heavy (non-hydrogen) atoms. The van der Waals surface area contributed by atoms with Crippen LogP contribution in [0.5, 0.6) is 0 Å². The van der Waals surface area contributed by atoms with E-state index >= 15 is 0 Å². The molecule has 0 aromatic rings. The number of ether oxygens (including phenoxy) is 1. The van der Waals surface area contributed by atoms with Crippen molar-refractivity contribution in [3.63, 3.8) is 0 Å². The molecule has 0 bridgehead atoms. The summed E-state index contributed by atoms with van der Waals surface area (Å²) >= 11 is 0. The standard InChI is InChI=1S/C15H32N2O/c1-14(2,3)12-7-8-17(11-12)13(10-16)9-15(4,5)18-6/h12-13H,7-11,16H2,1-6H3. The zero-order chi connectivity index (χ0) is 14.0. The van der Waals surface area contributed by atoms with Crippen molar-refractivity contribution < 1.29 is 4.74 Å². The Kier molecular flexibility index (Phi) is 5.22. The van der Waals surface area contributed by atoms with Crippen LogP contribution in [0.3, 0.4) is 0 Å². The van der Waals surface area contributed by atoms with Gasteiger partial charge >= 0.3 is 0 Å². The molecule has 1 heterocycles. The molecule has 1 aliphatic rings. The number of methoxy groups -OCH3 is 1. The van der Waals surface area contributed by atoms with Crippen LogP contribution in [0.15, 0.2) is 0 Å². The van der Waals surface area contributed by atoms with Gasteiger partial charge in [-0.3, -0.25) is 4.90 Å². The van der Waals surface area contributed by atoms with Crippen molar-refractivity contribution in [2.75, 3.05) is 26.7 Å². The Hall–Kier alpha value is -0.120. The molecule has 0 aliphatic carbocycles. The molecule has 0 aromatic heterocycles. The lowest BCUT2D eigenvalue weighted by molar-refractivity contribution is -0.00572. The molecule has 3 nitrogen and oxygen atoms in total. The van der Waals surface area contributed by atoms with Crippen LogP contribution in [0.2, 0.25) is 0 Å². The Bertz CT molecular complexity index is 258. The zero-order valence-electron chi connectivity index (χ0n) is 13.1. The normalized spacial score (nSPS) is 24.5. The Morgan fingerprint density at radius 1 is 1.28 bits per heavy atom. The van der Waals surface area contributed by atoms with Gasteiger partial charge in [-0.15, -0.1) is 0 Å². The fraction of sp³-hybridized carbons (Fsp3) is 1.00. The molecular formula is C15H32N2O. The monoisotopic (exact) mass is 256 g/mol. The van der Waals surface area contributed by atoms with Gasteiger partial charge < -0.3 is 10.5 Å². The summed E-state index contributed by atoms with van der Waals surface area (Å²) in [7, 11) is 1.79. The van der Waals surface area contributed by atoms with Gasteiger partial charge in [0.15, 0.2) is 0 Å². The lowest BCUT2D eigenvalue weighted by Crippen LogP contribution is -2.44. The van der Waals surface area contributed by atoms with Crippen LogP contribution < -0.4 is 5.73 Å². The molecule has 2 unspecified atom stereocenters. The number of nitrogens with zero attached hydrogens (tertiary/aromatic N) is 1. The van der Waals surface area contributed by atoms with Crippen LogP contribution in [-0.2, 0) is 4.74 Å². The van der Waals surface area contributed by atoms with Gasteiger partial charge in [-0.25, -0.2) is 0 Å². The summed E-state index contributed by atoms with van der Waals surface area (Å²) in [6.45, 7) is 14.4. The third-order valence-electron chi connectivity index (χ3n) is 4.51.